The van der Waals surface area contributed by atoms with Crippen LogP contribution < -0.4 is 0 Å². The average Bonchev–Trinajstić information content (AvgIpc) is 1.63. The summed E-state index contributed by atoms with van der Waals surface area (Å²) in [5.41, 5.74) is 0. The first-order valence-electron chi connectivity index (χ1n) is 2.79. The summed E-state index contributed by atoms with van der Waals surface area (Å²) in [7, 11) is 0. The van der Waals surface area contributed by atoms with Crippen molar-refractivity contribution in [1.29, 1.82) is 0 Å². The van der Waals surface area contributed by atoms with Crippen LogP contribution in [0.1, 0.15) is 13.8 Å². The summed E-state index contributed by atoms with van der Waals surface area (Å²) in [6.45, 7) is 3.09. The quantitative estimate of drug-likeness (QED) is 0.606. The lowest BCUT2D eigenvalue weighted by atomic mass is 10.5. The summed E-state index contributed by atoms with van der Waals surface area (Å²) in [6.07, 6.45) is 1.86. The van der Waals surface area contributed by atoms with Gasteiger partial charge in [0.2, 0.25) is 0 Å². The van der Waals surface area contributed by atoms with Gasteiger partial charge in [0.25, 0.3) is 6.57 Å². The molecular formula is C5H13O2PS. The molecule has 0 spiro atoms. The molecule has 0 N–H and O–H groups in total. The van der Waals surface area contributed by atoms with Crippen molar-refractivity contribution in [2.24, 2.45) is 0 Å². The second kappa shape index (κ2) is 3.65. The van der Waals surface area contributed by atoms with E-state index in [1.807, 2.05) is 13.8 Å². The molecule has 0 radical (unpaired) electrons. The smallest absolute Gasteiger partial charge is 0.254 e. The first-order valence-corrected chi connectivity index (χ1v) is 6.70. The van der Waals surface area contributed by atoms with Crippen LogP contribution in [-0.4, -0.2) is 19.0 Å². The van der Waals surface area contributed by atoms with E-state index in [9.17, 15) is 4.57 Å². The Morgan fingerprint density at radius 2 is 2.00 bits per heavy atom. The molecule has 0 unspecified atom stereocenters. The highest BCUT2D eigenvalue weighted by atomic mass is 32.7. The van der Waals surface area contributed by atoms with Crippen LogP contribution in [0.3, 0.4) is 0 Å². The first kappa shape index (κ1) is 9.54. The van der Waals surface area contributed by atoms with Gasteiger partial charge in [0.05, 0.1) is 6.10 Å². The molecule has 9 heavy (non-hydrogen) atoms. The van der Waals surface area contributed by atoms with Gasteiger partial charge in [-0.1, -0.05) is 11.4 Å². The number of hydrogen-bond acceptors (Lipinski definition) is 3. The van der Waals surface area contributed by atoms with E-state index in [2.05, 4.69) is 0 Å². The zero-order chi connectivity index (χ0) is 7.49. The summed E-state index contributed by atoms with van der Waals surface area (Å²) in [5.74, 6) is 0. The molecule has 0 rings (SSSR count). The van der Waals surface area contributed by atoms with Crippen LogP contribution in [0.2, 0.25) is 0 Å². The van der Waals surface area contributed by atoms with Crippen LogP contribution in [0, 0.1) is 0 Å². The fourth-order valence-electron chi connectivity index (χ4n) is 0.426. The topological polar surface area (TPSA) is 26.3 Å². The minimum absolute atomic E-state index is 0.0632. The van der Waals surface area contributed by atoms with E-state index in [0.717, 1.165) is 0 Å². The lowest BCUT2D eigenvalue weighted by Gasteiger charge is -2.12. The molecule has 0 aromatic carbocycles. The summed E-state index contributed by atoms with van der Waals surface area (Å²) in [5, 5.41) is 0. The van der Waals surface area contributed by atoms with Gasteiger partial charge in [-0.2, -0.15) is 0 Å². The monoisotopic (exact) mass is 168 g/mol. The molecule has 0 aliphatic rings. The molecule has 0 aromatic rings. The van der Waals surface area contributed by atoms with Gasteiger partial charge in [0.1, 0.15) is 0 Å². The second-order valence-electron chi connectivity index (χ2n) is 2.11. The lowest BCUT2D eigenvalue weighted by molar-refractivity contribution is 0.255. The molecule has 0 amide bonds. The fraction of sp³-hybridized carbons (Fsp3) is 1.00. The van der Waals surface area contributed by atoms with Crippen molar-refractivity contribution in [1.82, 2.24) is 0 Å². The van der Waals surface area contributed by atoms with E-state index >= 15 is 0 Å². The van der Waals surface area contributed by atoms with E-state index in [4.69, 9.17) is 4.52 Å². The molecule has 1 atom stereocenters. The van der Waals surface area contributed by atoms with Gasteiger partial charge in [-0.3, -0.25) is 4.57 Å². The summed E-state index contributed by atoms with van der Waals surface area (Å²) in [6, 6.07) is 0. The van der Waals surface area contributed by atoms with Crippen LogP contribution in [0.5, 0.6) is 0 Å². The van der Waals surface area contributed by atoms with E-state index < -0.39 is 6.57 Å². The van der Waals surface area contributed by atoms with Gasteiger partial charge in [-0.15, -0.1) is 0 Å². The van der Waals surface area contributed by atoms with Crippen LogP contribution in [-0.2, 0) is 9.09 Å². The van der Waals surface area contributed by atoms with Crippen molar-refractivity contribution in [3.05, 3.63) is 0 Å². The van der Waals surface area contributed by atoms with Crippen molar-refractivity contribution in [2.75, 3.05) is 12.9 Å². The predicted octanol–water partition coefficient (Wildman–Crippen LogP) is 2.60. The maximum atomic E-state index is 11.1. The van der Waals surface area contributed by atoms with Crippen molar-refractivity contribution < 1.29 is 9.09 Å². The molecule has 2 nitrogen and oxygen atoms in total. The van der Waals surface area contributed by atoms with Gasteiger partial charge in [-0.25, -0.2) is 0 Å². The predicted molar refractivity (Wildman–Crippen MR) is 43.3 cm³/mol. The third-order valence-corrected chi connectivity index (χ3v) is 4.45. The van der Waals surface area contributed by atoms with Gasteiger partial charge >= 0.3 is 0 Å². The molecule has 0 aliphatic heterocycles. The zero-order valence-corrected chi connectivity index (χ0v) is 7.96. The summed E-state index contributed by atoms with van der Waals surface area (Å²) < 4.78 is 16.2. The lowest BCUT2D eigenvalue weighted by Crippen LogP contribution is -1.96. The molecule has 0 fully saturated rings. The van der Waals surface area contributed by atoms with E-state index in [1.54, 1.807) is 12.9 Å². The van der Waals surface area contributed by atoms with Crippen LogP contribution >= 0.6 is 18.0 Å². The average molecular weight is 168 g/mol. The normalized spacial score (nSPS) is 17.9. The minimum Gasteiger partial charge on any atom is -0.319 e. The molecule has 4 heteroatoms. The minimum atomic E-state index is -2.31. The van der Waals surface area contributed by atoms with Gasteiger partial charge in [0, 0.05) is 6.66 Å². The van der Waals surface area contributed by atoms with Crippen LogP contribution in [0.4, 0.5) is 0 Å². The summed E-state index contributed by atoms with van der Waals surface area (Å²) in [4.78, 5) is 0. The van der Waals surface area contributed by atoms with E-state index in [-0.39, 0.29) is 6.10 Å². The number of rotatable bonds is 3. The van der Waals surface area contributed by atoms with Crippen LogP contribution in [0.25, 0.3) is 0 Å². The van der Waals surface area contributed by atoms with E-state index in [1.165, 1.54) is 11.4 Å². The highest BCUT2D eigenvalue weighted by Gasteiger charge is 2.14. The Kier molecular flexibility index (Phi) is 3.86. The largest absolute Gasteiger partial charge is 0.319 e. The Morgan fingerprint density at radius 1 is 1.56 bits per heavy atom. The van der Waals surface area contributed by atoms with Crippen molar-refractivity contribution in [2.45, 2.75) is 20.0 Å². The zero-order valence-electron chi connectivity index (χ0n) is 6.25. The van der Waals surface area contributed by atoms with E-state index in [0.29, 0.717) is 0 Å². The number of hydrogen-bond donors (Lipinski definition) is 0. The third-order valence-electron chi connectivity index (χ3n) is 0.734. The standard InChI is InChI=1S/C5H13O2PS/c1-5(2)7-8(3,6)9-4/h5H,1-4H3/t8-/m0/s1. The van der Waals surface area contributed by atoms with Crippen molar-refractivity contribution in [3.63, 3.8) is 0 Å². The Hall–Kier alpha value is 0.540. The molecule has 56 valence electrons. The fourth-order valence-corrected chi connectivity index (χ4v) is 2.05. The van der Waals surface area contributed by atoms with Crippen LogP contribution in [0.15, 0.2) is 0 Å². The second-order valence-corrected chi connectivity index (χ2v) is 7.31. The molecule has 0 aromatic heterocycles. The maximum absolute atomic E-state index is 11.1. The van der Waals surface area contributed by atoms with Gasteiger partial charge in [0.15, 0.2) is 0 Å². The van der Waals surface area contributed by atoms with Gasteiger partial charge in [-0.05, 0) is 20.1 Å². The molecule has 0 aliphatic carbocycles. The highest BCUT2D eigenvalue weighted by Crippen LogP contribution is 2.55. The molecule has 0 bridgehead atoms. The summed E-state index contributed by atoms with van der Waals surface area (Å²) >= 11 is 1.29. The molecule has 0 saturated carbocycles. The Labute approximate surface area is 60.6 Å². The molecular weight excluding hydrogens is 155 g/mol. The SMILES string of the molecule is CS[P@@](C)(=O)OC(C)C. The third kappa shape index (κ3) is 5.01. The van der Waals surface area contributed by atoms with Crippen molar-refractivity contribution >= 4 is 18.0 Å². The Morgan fingerprint density at radius 3 is 2.11 bits per heavy atom. The maximum Gasteiger partial charge on any atom is 0.254 e. The molecule has 0 saturated heterocycles. The van der Waals surface area contributed by atoms with Crippen molar-refractivity contribution in [3.8, 4) is 0 Å². The molecule has 0 heterocycles. The highest BCUT2D eigenvalue weighted by molar-refractivity contribution is 8.56. The Balaban J connectivity index is 3.73. The van der Waals surface area contributed by atoms with Gasteiger partial charge < -0.3 is 4.52 Å². The first-order chi connectivity index (χ1) is 3.98. The Bertz CT molecular complexity index is 124.